The minimum atomic E-state index is -0.770. The van der Waals surface area contributed by atoms with E-state index in [0.29, 0.717) is 5.69 Å². The maximum atomic E-state index is 12.9. The molecule has 2 aliphatic rings. The Balaban J connectivity index is 2.02. The number of amides is 2. The Labute approximate surface area is 118 Å². The van der Waals surface area contributed by atoms with Gasteiger partial charge in [0.1, 0.15) is 11.6 Å². The highest BCUT2D eigenvalue weighted by molar-refractivity contribution is 6.10. The molecule has 0 aromatic carbocycles. The summed E-state index contributed by atoms with van der Waals surface area (Å²) in [5.74, 6) is 0.131. The lowest BCUT2D eigenvalue weighted by atomic mass is 9.89. The van der Waals surface area contributed by atoms with Gasteiger partial charge in [-0.05, 0) is 51.2 Å². The molecule has 0 radical (unpaired) electrons. The Bertz CT molecular complexity index is 582. The zero-order valence-electron chi connectivity index (χ0n) is 12.0. The number of anilines is 1. The Morgan fingerprint density at radius 2 is 2.05 bits per heavy atom. The van der Waals surface area contributed by atoms with E-state index in [1.807, 2.05) is 19.9 Å². The molecule has 1 aliphatic heterocycles. The second kappa shape index (κ2) is 4.30. The van der Waals surface area contributed by atoms with Crippen LogP contribution >= 0.6 is 0 Å². The topological polar surface area (TPSA) is 62.3 Å². The minimum absolute atomic E-state index is 0.0282. The van der Waals surface area contributed by atoms with Gasteiger partial charge in [-0.3, -0.25) is 19.5 Å². The van der Waals surface area contributed by atoms with E-state index in [4.69, 9.17) is 0 Å². The molecular formula is C15H19N3O2. The highest BCUT2D eigenvalue weighted by Gasteiger charge is 2.54. The van der Waals surface area contributed by atoms with Crippen molar-refractivity contribution in [2.45, 2.75) is 45.2 Å². The highest BCUT2D eigenvalue weighted by Crippen LogP contribution is 2.42. The molecule has 1 saturated heterocycles. The highest BCUT2D eigenvalue weighted by atomic mass is 16.2. The molecule has 1 saturated carbocycles. The summed E-state index contributed by atoms with van der Waals surface area (Å²) in [5, 5.41) is 2.92. The first-order chi connectivity index (χ1) is 9.43. The van der Waals surface area contributed by atoms with Gasteiger partial charge in [-0.1, -0.05) is 0 Å². The van der Waals surface area contributed by atoms with E-state index in [9.17, 15) is 9.59 Å². The van der Waals surface area contributed by atoms with Crippen molar-refractivity contribution in [3.63, 3.8) is 0 Å². The number of pyridine rings is 1. The average Bonchev–Trinajstić information content (AvgIpc) is 3.21. The van der Waals surface area contributed by atoms with Gasteiger partial charge in [-0.25, -0.2) is 0 Å². The second-order valence-corrected chi connectivity index (χ2v) is 6.04. The third kappa shape index (κ3) is 1.88. The van der Waals surface area contributed by atoms with Crippen LogP contribution in [0.15, 0.2) is 18.5 Å². The lowest BCUT2D eigenvalue weighted by Gasteiger charge is -2.43. The van der Waals surface area contributed by atoms with Crippen LogP contribution in [0.5, 0.6) is 0 Å². The fraction of sp³-hybridized carbons (Fsp3) is 0.533. The number of carbonyl (C=O) groups excluding carboxylic acids is 2. The van der Waals surface area contributed by atoms with Crippen molar-refractivity contribution in [3.05, 3.63) is 24.0 Å². The van der Waals surface area contributed by atoms with Crippen molar-refractivity contribution < 1.29 is 9.59 Å². The first kappa shape index (κ1) is 13.1. The lowest BCUT2D eigenvalue weighted by Crippen LogP contribution is -2.69. The smallest absolute Gasteiger partial charge is 0.253 e. The van der Waals surface area contributed by atoms with E-state index < -0.39 is 11.6 Å². The molecule has 0 bridgehead atoms. The van der Waals surface area contributed by atoms with E-state index in [1.54, 1.807) is 24.2 Å². The van der Waals surface area contributed by atoms with E-state index in [0.717, 1.165) is 18.4 Å². The van der Waals surface area contributed by atoms with Crippen molar-refractivity contribution in [1.82, 2.24) is 10.3 Å². The van der Waals surface area contributed by atoms with Crippen LogP contribution in [0, 0.1) is 12.8 Å². The molecule has 0 spiro atoms. The molecule has 2 unspecified atom stereocenters. The first-order valence-corrected chi connectivity index (χ1v) is 7.01. The monoisotopic (exact) mass is 273 g/mol. The summed E-state index contributed by atoms with van der Waals surface area (Å²) in [4.78, 5) is 30.8. The number of carbonyl (C=O) groups is 2. The number of nitrogens with one attached hydrogen (secondary N) is 1. The molecule has 1 aromatic heterocycles. The molecule has 1 N–H and O–H groups in total. The maximum Gasteiger partial charge on any atom is 0.253 e. The summed E-state index contributed by atoms with van der Waals surface area (Å²) >= 11 is 0. The average molecular weight is 273 g/mol. The van der Waals surface area contributed by atoms with Crippen LogP contribution in [0.2, 0.25) is 0 Å². The first-order valence-electron chi connectivity index (χ1n) is 7.01. The van der Waals surface area contributed by atoms with Gasteiger partial charge >= 0.3 is 0 Å². The molecule has 2 fully saturated rings. The van der Waals surface area contributed by atoms with E-state index >= 15 is 0 Å². The van der Waals surface area contributed by atoms with Crippen LogP contribution in [0.1, 0.15) is 32.3 Å². The summed E-state index contributed by atoms with van der Waals surface area (Å²) in [7, 11) is 0. The number of hydrogen-bond donors (Lipinski definition) is 1. The van der Waals surface area contributed by atoms with Crippen LogP contribution < -0.4 is 10.2 Å². The van der Waals surface area contributed by atoms with E-state index in [1.165, 1.54) is 0 Å². The predicted molar refractivity (Wildman–Crippen MR) is 75.2 cm³/mol. The molecule has 106 valence electrons. The quantitative estimate of drug-likeness (QED) is 0.886. The fourth-order valence-electron chi connectivity index (χ4n) is 2.91. The standard InChI is InChI=1S/C15H19N3O2/c1-9-6-12(8-16-7-9)18-10(2)13(19)17-15(3,14(18)20)11-4-5-11/h6-8,10-11H,4-5H2,1-3H3,(H,17,19). The van der Waals surface area contributed by atoms with Gasteiger partial charge in [-0.15, -0.1) is 0 Å². The van der Waals surface area contributed by atoms with Crippen molar-refractivity contribution >= 4 is 17.5 Å². The van der Waals surface area contributed by atoms with Gasteiger partial charge < -0.3 is 5.32 Å². The zero-order chi connectivity index (χ0) is 14.5. The minimum Gasteiger partial charge on any atom is -0.340 e. The number of aromatic nitrogens is 1. The summed E-state index contributed by atoms with van der Waals surface area (Å²) in [6, 6.07) is 1.39. The summed E-state index contributed by atoms with van der Waals surface area (Å²) < 4.78 is 0. The number of rotatable bonds is 2. The number of piperazine rings is 1. The van der Waals surface area contributed by atoms with Crippen LogP contribution in [-0.2, 0) is 9.59 Å². The molecule has 1 aromatic rings. The van der Waals surface area contributed by atoms with Gasteiger partial charge in [0.2, 0.25) is 5.91 Å². The molecule has 2 heterocycles. The molecular weight excluding hydrogens is 254 g/mol. The van der Waals surface area contributed by atoms with Gasteiger partial charge in [0, 0.05) is 6.20 Å². The second-order valence-electron chi connectivity index (χ2n) is 6.04. The third-order valence-corrected chi connectivity index (χ3v) is 4.35. The van der Waals surface area contributed by atoms with Crippen molar-refractivity contribution in [3.8, 4) is 0 Å². The summed E-state index contributed by atoms with van der Waals surface area (Å²) in [6.45, 7) is 5.52. The van der Waals surface area contributed by atoms with Gasteiger partial charge in [0.25, 0.3) is 5.91 Å². The maximum absolute atomic E-state index is 12.9. The Morgan fingerprint density at radius 3 is 2.65 bits per heavy atom. The van der Waals surface area contributed by atoms with Crippen molar-refractivity contribution in [1.29, 1.82) is 0 Å². The number of aryl methyl sites for hydroxylation is 1. The SMILES string of the molecule is Cc1cncc(N2C(=O)C(C)(C3CC3)NC(=O)C2C)c1. The fourth-order valence-corrected chi connectivity index (χ4v) is 2.91. The molecule has 2 amide bonds. The van der Waals surface area contributed by atoms with Crippen LogP contribution in [0.4, 0.5) is 5.69 Å². The molecule has 2 atom stereocenters. The van der Waals surface area contributed by atoms with Crippen molar-refractivity contribution in [2.24, 2.45) is 5.92 Å². The zero-order valence-corrected chi connectivity index (χ0v) is 12.0. The number of nitrogens with zero attached hydrogens (tertiary/aromatic N) is 2. The number of hydrogen-bond acceptors (Lipinski definition) is 3. The van der Waals surface area contributed by atoms with Crippen LogP contribution in [0.3, 0.4) is 0 Å². The lowest BCUT2D eigenvalue weighted by molar-refractivity contribution is -0.138. The van der Waals surface area contributed by atoms with Crippen LogP contribution in [-0.4, -0.2) is 28.4 Å². The molecule has 1 aliphatic carbocycles. The largest absolute Gasteiger partial charge is 0.340 e. The van der Waals surface area contributed by atoms with E-state index in [-0.39, 0.29) is 17.7 Å². The molecule has 5 heteroatoms. The Morgan fingerprint density at radius 1 is 1.35 bits per heavy atom. The molecule has 5 nitrogen and oxygen atoms in total. The molecule has 20 heavy (non-hydrogen) atoms. The predicted octanol–water partition coefficient (Wildman–Crippen LogP) is 1.41. The van der Waals surface area contributed by atoms with Crippen LogP contribution in [0.25, 0.3) is 0 Å². The van der Waals surface area contributed by atoms with Gasteiger partial charge in [-0.2, -0.15) is 0 Å². The van der Waals surface area contributed by atoms with Crippen molar-refractivity contribution in [2.75, 3.05) is 4.90 Å². The summed E-state index contributed by atoms with van der Waals surface area (Å²) in [5.41, 5.74) is 0.902. The Kier molecular flexibility index (Phi) is 2.81. The summed E-state index contributed by atoms with van der Waals surface area (Å²) in [6.07, 6.45) is 5.38. The molecule has 3 rings (SSSR count). The van der Waals surface area contributed by atoms with E-state index in [2.05, 4.69) is 10.3 Å². The van der Waals surface area contributed by atoms with Gasteiger partial charge in [0.05, 0.1) is 11.9 Å². The normalized spacial score (nSPS) is 30.4. The van der Waals surface area contributed by atoms with Gasteiger partial charge in [0.15, 0.2) is 0 Å². The third-order valence-electron chi connectivity index (χ3n) is 4.35. The Hall–Kier alpha value is -1.91.